The summed E-state index contributed by atoms with van der Waals surface area (Å²) in [5.41, 5.74) is 2.79. The molecule has 2 fully saturated rings. The van der Waals surface area contributed by atoms with E-state index in [2.05, 4.69) is 29.2 Å². The molecule has 3 rings (SSSR count). The Kier molecular flexibility index (Phi) is 4.42. The topological polar surface area (TPSA) is 23.5 Å². The van der Waals surface area contributed by atoms with E-state index in [-0.39, 0.29) is 12.1 Å². The Morgan fingerprint density at radius 1 is 0.850 bits per heavy atom. The molecule has 0 aromatic heterocycles. The van der Waals surface area contributed by atoms with Gasteiger partial charge >= 0.3 is 0 Å². The zero-order chi connectivity index (χ0) is 13.8. The van der Waals surface area contributed by atoms with E-state index in [1.54, 1.807) is 0 Å². The van der Waals surface area contributed by atoms with Gasteiger partial charge in [-0.3, -0.25) is 4.90 Å². The second-order valence-corrected chi connectivity index (χ2v) is 6.49. The third-order valence-corrected chi connectivity index (χ3v) is 5.32. The summed E-state index contributed by atoms with van der Waals surface area (Å²) in [4.78, 5) is 2.77. The highest BCUT2D eigenvalue weighted by molar-refractivity contribution is 5.29. The van der Waals surface area contributed by atoms with Gasteiger partial charge in [-0.25, -0.2) is 0 Å². The van der Waals surface area contributed by atoms with Crippen LogP contribution in [0.1, 0.15) is 62.5 Å². The van der Waals surface area contributed by atoms with Gasteiger partial charge in [-0.1, -0.05) is 49.9 Å². The molecule has 0 spiro atoms. The van der Waals surface area contributed by atoms with Gasteiger partial charge in [0.05, 0.1) is 6.61 Å². The van der Waals surface area contributed by atoms with E-state index in [0.29, 0.717) is 0 Å². The maximum absolute atomic E-state index is 9.24. The van der Waals surface area contributed by atoms with Crippen molar-refractivity contribution < 1.29 is 5.11 Å². The van der Waals surface area contributed by atoms with Crippen molar-refractivity contribution in [2.24, 2.45) is 0 Å². The number of benzene rings is 1. The fourth-order valence-corrected chi connectivity index (χ4v) is 4.17. The Balaban J connectivity index is 1.90. The minimum absolute atomic E-state index is 0.150. The van der Waals surface area contributed by atoms with Crippen LogP contribution in [0.15, 0.2) is 24.3 Å². The molecule has 0 amide bonds. The molecule has 0 unspecified atom stereocenters. The highest BCUT2D eigenvalue weighted by atomic mass is 16.3. The SMILES string of the molecule is OCc1ccc(C2(N3CCCCC3)CCCCC2)cc1. The minimum Gasteiger partial charge on any atom is -0.392 e. The lowest BCUT2D eigenvalue weighted by Crippen LogP contribution is -2.49. The van der Waals surface area contributed by atoms with Gasteiger partial charge in [-0.2, -0.15) is 0 Å². The van der Waals surface area contributed by atoms with Gasteiger partial charge in [0.15, 0.2) is 0 Å². The minimum atomic E-state index is 0.150. The lowest BCUT2D eigenvalue weighted by Gasteiger charge is -2.48. The number of likely N-dealkylation sites (tertiary alicyclic amines) is 1. The van der Waals surface area contributed by atoms with E-state index in [9.17, 15) is 5.11 Å². The molecule has 0 atom stereocenters. The van der Waals surface area contributed by atoms with Crippen molar-refractivity contribution in [2.45, 2.75) is 63.5 Å². The van der Waals surface area contributed by atoms with Gasteiger partial charge in [-0.05, 0) is 49.9 Å². The third-order valence-electron chi connectivity index (χ3n) is 5.32. The summed E-state index contributed by atoms with van der Waals surface area (Å²) in [6, 6.07) is 8.75. The zero-order valence-corrected chi connectivity index (χ0v) is 12.5. The average Bonchev–Trinajstić information content (AvgIpc) is 2.56. The lowest BCUT2D eigenvalue weighted by molar-refractivity contribution is 0.0303. The summed E-state index contributed by atoms with van der Waals surface area (Å²) >= 11 is 0. The van der Waals surface area contributed by atoms with Crippen molar-refractivity contribution >= 4 is 0 Å². The molecule has 1 saturated carbocycles. The second kappa shape index (κ2) is 6.28. The van der Waals surface area contributed by atoms with Crippen LogP contribution in [0, 0.1) is 0 Å². The molecule has 1 aliphatic carbocycles. The smallest absolute Gasteiger partial charge is 0.0681 e. The molecule has 2 nitrogen and oxygen atoms in total. The number of hydrogen-bond acceptors (Lipinski definition) is 2. The molecule has 1 heterocycles. The molecule has 2 aliphatic rings. The molecule has 0 bridgehead atoms. The number of aliphatic hydroxyl groups excluding tert-OH is 1. The summed E-state index contributed by atoms with van der Waals surface area (Å²) in [6.07, 6.45) is 10.8. The molecule has 1 saturated heterocycles. The molecule has 110 valence electrons. The molecule has 1 aromatic carbocycles. The van der Waals surface area contributed by atoms with E-state index in [1.165, 1.54) is 70.0 Å². The van der Waals surface area contributed by atoms with Crippen molar-refractivity contribution in [1.29, 1.82) is 0 Å². The first-order valence-electron chi connectivity index (χ1n) is 8.30. The standard InChI is InChI=1S/C18H27NO/c20-15-16-7-9-17(10-8-16)18(11-3-1-4-12-18)19-13-5-2-6-14-19/h7-10,20H,1-6,11-15H2. The predicted octanol–water partition coefficient (Wildman–Crippen LogP) is 3.82. The van der Waals surface area contributed by atoms with Crippen LogP contribution in [-0.4, -0.2) is 23.1 Å². The molecule has 1 aliphatic heterocycles. The monoisotopic (exact) mass is 273 g/mol. The summed E-state index contributed by atoms with van der Waals surface area (Å²) in [7, 11) is 0. The highest BCUT2D eigenvalue weighted by Crippen LogP contribution is 2.43. The fourth-order valence-electron chi connectivity index (χ4n) is 4.17. The van der Waals surface area contributed by atoms with E-state index in [1.807, 2.05) is 0 Å². The summed E-state index contributed by atoms with van der Waals surface area (Å²) < 4.78 is 0. The summed E-state index contributed by atoms with van der Waals surface area (Å²) in [5, 5.41) is 9.24. The van der Waals surface area contributed by atoms with Gasteiger partial charge in [0, 0.05) is 5.54 Å². The molecular formula is C18H27NO. The van der Waals surface area contributed by atoms with Crippen molar-refractivity contribution in [1.82, 2.24) is 4.90 Å². The van der Waals surface area contributed by atoms with Gasteiger partial charge in [-0.15, -0.1) is 0 Å². The number of aliphatic hydroxyl groups is 1. The van der Waals surface area contributed by atoms with E-state index < -0.39 is 0 Å². The Labute approximate surface area is 122 Å². The Hall–Kier alpha value is -0.860. The highest BCUT2D eigenvalue weighted by Gasteiger charge is 2.39. The van der Waals surface area contributed by atoms with Crippen LogP contribution < -0.4 is 0 Å². The van der Waals surface area contributed by atoms with Crippen molar-refractivity contribution in [3.8, 4) is 0 Å². The first kappa shape index (κ1) is 14.1. The van der Waals surface area contributed by atoms with Crippen LogP contribution >= 0.6 is 0 Å². The average molecular weight is 273 g/mol. The molecule has 1 N–H and O–H groups in total. The van der Waals surface area contributed by atoms with E-state index in [4.69, 9.17) is 0 Å². The van der Waals surface area contributed by atoms with Crippen LogP contribution in [0.25, 0.3) is 0 Å². The maximum Gasteiger partial charge on any atom is 0.0681 e. The maximum atomic E-state index is 9.24. The van der Waals surface area contributed by atoms with Gasteiger partial charge in [0.25, 0.3) is 0 Å². The van der Waals surface area contributed by atoms with Crippen molar-refractivity contribution in [3.63, 3.8) is 0 Å². The van der Waals surface area contributed by atoms with Crippen molar-refractivity contribution in [2.75, 3.05) is 13.1 Å². The van der Waals surface area contributed by atoms with Crippen LogP contribution in [0.3, 0.4) is 0 Å². The Bertz CT molecular complexity index is 414. The summed E-state index contributed by atoms with van der Waals surface area (Å²) in [5.74, 6) is 0. The molecule has 0 radical (unpaired) electrons. The quantitative estimate of drug-likeness (QED) is 0.905. The Morgan fingerprint density at radius 3 is 2.05 bits per heavy atom. The van der Waals surface area contributed by atoms with Crippen LogP contribution in [0.2, 0.25) is 0 Å². The van der Waals surface area contributed by atoms with Gasteiger partial charge < -0.3 is 5.11 Å². The lowest BCUT2D eigenvalue weighted by atomic mass is 9.74. The number of piperidine rings is 1. The fraction of sp³-hybridized carbons (Fsp3) is 0.667. The Morgan fingerprint density at radius 2 is 1.45 bits per heavy atom. The van der Waals surface area contributed by atoms with E-state index >= 15 is 0 Å². The van der Waals surface area contributed by atoms with E-state index in [0.717, 1.165) is 5.56 Å². The number of rotatable bonds is 3. The molecular weight excluding hydrogens is 246 g/mol. The van der Waals surface area contributed by atoms with Gasteiger partial charge in [0.2, 0.25) is 0 Å². The second-order valence-electron chi connectivity index (χ2n) is 6.49. The number of hydrogen-bond donors (Lipinski definition) is 1. The molecule has 2 heteroatoms. The number of nitrogens with zero attached hydrogens (tertiary/aromatic N) is 1. The first-order valence-corrected chi connectivity index (χ1v) is 8.30. The molecule has 1 aromatic rings. The zero-order valence-electron chi connectivity index (χ0n) is 12.5. The van der Waals surface area contributed by atoms with Crippen LogP contribution in [-0.2, 0) is 12.1 Å². The largest absolute Gasteiger partial charge is 0.392 e. The predicted molar refractivity (Wildman–Crippen MR) is 82.6 cm³/mol. The van der Waals surface area contributed by atoms with Crippen LogP contribution in [0.4, 0.5) is 0 Å². The van der Waals surface area contributed by atoms with Crippen LogP contribution in [0.5, 0.6) is 0 Å². The third kappa shape index (κ3) is 2.64. The van der Waals surface area contributed by atoms with Crippen molar-refractivity contribution in [3.05, 3.63) is 35.4 Å². The van der Waals surface area contributed by atoms with Gasteiger partial charge in [0.1, 0.15) is 0 Å². The molecule has 20 heavy (non-hydrogen) atoms. The normalized spacial score (nSPS) is 23.6. The first-order chi connectivity index (χ1) is 9.85. The summed E-state index contributed by atoms with van der Waals surface area (Å²) in [6.45, 7) is 2.68.